The molecule has 0 saturated heterocycles. The molecule has 0 aliphatic heterocycles. The summed E-state index contributed by atoms with van der Waals surface area (Å²) in [7, 11) is 0. The first kappa shape index (κ1) is 16.4. The molecular formula is C14H22O4. The van der Waals surface area contributed by atoms with Gasteiger partial charge < -0.3 is 9.47 Å². The van der Waals surface area contributed by atoms with Crippen molar-refractivity contribution in [2.24, 2.45) is 0 Å². The molecule has 4 nitrogen and oxygen atoms in total. The van der Waals surface area contributed by atoms with Gasteiger partial charge >= 0.3 is 11.9 Å². The lowest BCUT2D eigenvalue weighted by atomic mass is 10.0. The number of carbonyl (C=O) groups excluding carboxylic acids is 2. The predicted molar refractivity (Wildman–Crippen MR) is 70.0 cm³/mol. The molecule has 0 saturated carbocycles. The fourth-order valence-electron chi connectivity index (χ4n) is 1.61. The smallest absolute Gasteiger partial charge is 0.330 e. The van der Waals surface area contributed by atoms with Crippen molar-refractivity contribution in [3.05, 3.63) is 25.3 Å². The van der Waals surface area contributed by atoms with E-state index in [0.717, 1.165) is 25.0 Å². The van der Waals surface area contributed by atoms with Gasteiger partial charge in [0.05, 0.1) is 0 Å². The second kappa shape index (κ2) is 9.45. The van der Waals surface area contributed by atoms with Gasteiger partial charge in [-0.05, 0) is 12.8 Å². The summed E-state index contributed by atoms with van der Waals surface area (Å²) in [6.45, 7) is 10.7. The number of esters is 2. The Morgan fingerprint density at radius 3 is 1.50 bits per heavy atom. The fraction of sp³-hybridized carbons (Fsp3) is 0.571. The maximum atomic E-state index is 11.3. The standard InChI is InChI=1S/C14H22O4/c1-5-9-11(17-13(15)7-3)12(10-6-2)18-14(16)8-4/h7-8,11-12H,3-6,9-10H2,1-2H3. The van der Waals surface area contributed by atoms with Crippen LogP contribution < -0.4 is 0 Å². The topological polar surface area (TPSA) is 52.6 Å². The first-order valence-electron chi connectivity index (χ1n) is 6.25. The molecule has 0 aliphatic rings. The van der Waals surface area contributed by atoms with Crippen molar-refractivity contribution in [3.63, 3.8) is 0 Å². The van der Waals surface area contributed by atoms with Crippen LogP contribution >= 0.6 is 0 Å². The van der Waals surface area contributed by atoms with Crippen LogP contribution in [0.5, 0.6) is 0 Å². The SMILES string of the molecule is C=CC(=O)OC(CCC)C(CCC)OC(=O)C=C. The average molecular weight is 254 g/mol. The maximum absolute atomic E-state index is 11.3. The molecule has 0 fully saturated rings. The minimum atomic E-state index is -0.496. The molecular weight excluding hydrogens is 232 g/mol. The Morgan fingerprint density at radius 1 is 0.944 bits per heavy atom. The monoisotopic (exact) mass is 254 g/mol. The second-order valence-corrected chi connectivity index (χ2v) is 3.94. The molecule has 0 N–H and O–H groups in total. The van der Waals surface area contributed by atoms with E-state index in [0.29, 0.717) is 12.8 Å². The highest BCUT2D eigenvalue weighted by Crippen LogP contribution is 2.16. The zero-order valence-electron chi connectivity index (χ0n) is 11.2. The molecule has 2 atom stereocenters. The molecule has 0 bridgehead atoms. The molecule has 0 aromatic heterocycles. The first-order chi connectivity index (χ1) is 8.58. The van der Waals surface area contributed by atoms with Gasteiger partial charge in [-0.25, -0.2) is 9.59 Å². The van der Waals surface area contributed by atoms with Crippen LogP contribution in [0.2, 0.25) is 0 Å². The van der Waals surface area contributed by atoms with Gasteiger partial charge in [-0.3, -0.25) is 0 Å². The highest BCUT2D eigenvalue weighted by Gasteiger charge is 2.26. The number of hydrogen-bond acceptors (Lipinski definition) is 4. The summed E-state index contributed by atoms with van der Waals surface area (Å²) in [5.74, 6) is -0.992. The Hall–Kier alpha value is -1.58. The van der Waals surface area contributed by atoms with Gasteiger partial charge in [0.25, 0.3) is 0 Å². The summed E-state index contributed by atoms with van der Waals surface area (Å²) >= 11 is 0. The van der Waals surface area contributed by atoms with Crippen molar-refractivity contribution in [3.8, 4) is 0 Å². The lowest BCUT2D eigenvalue weighted by Crippen LogP contribution is -2.34. The van der Waals surface area contributed by atoms with Crippen LogP contribution in [0.3, 0.4) is 0 Å². The highest BCUT2D eigenvalue weighted by molar-refractivity contribution is 5.82. The lowest BCUT2D eigenvalue weighted by Gasteiger charge is -2.25. The third kappa shape index (κ3) is 6.23. The van der Waals surface area contributed by atoms with Gasteiger partial charge in [0.2, 0.25) is 0 Å². The molecule has 0 spiro atoms. The van der Waals surface area contributed by atoms with Crippen molar-refractivity contribution in [2.45, 2.75) is 51.7 Å². The number of carbonyl (C=O) groups is 2. The molecule has 4 heteroatoms. The van der Waals surface area contributed by atoms with Crippen molar-refractivity contribution in [2.75, 3.05) is 0 Å². The molecule has 0 aromatic rings. The van der Waals surface area contributed by atoms with E-state index in [-0.39, 0.29) is 0 Å². The molecule has 102 valence electrons. The van der Waals surface area contributed by atoms with E-state index in [2.05, 4.69) is 13.2 Å². The number of rotatable bonds is 9. The normalized spacial score (nSPS) is 13.2. The quantitative estimate of drug-likeness (QED) is 0.469. The number of hydrogen-bond donors (Lipinski definition) is 0. The van der Waals surface area contributed by atoms with Crippen LogP contribution in [0.15, 0.2) is 25.3 Å². The van der Waals surface area contributed by atoms with Crippen LogP contribution in [0.25, 0.3) is 0 Å². The Morgan fingerprint density at radius 2 is 1.28 bits per heavy atom. The van der Waals surface area contributed by atoms with Crippen LogP contribution in [0.1, 0.15) is 39.5 Å². The van der Waals surface area contributed by atoms with Gasteiger partial charge in [0, 0.05) is 12.2 Å². The van der Waals surface area contributed by atoms with Crippen molar-refractivity contribution in [1.82, 2.24) is 0 Å². The molecule has 18 heavy (non-hydrogen) atoms. The van der Waals surface area contributed by atoms with Gasteiger partial charge in [-0.15, -0.1) is 0 Å². The zero-order valence-corrected chi connectivity index (χ0v) is 11.2. The van der Waals surface area contributed by atoms with Crippen LogP contribution in [-0.2, 0) is 19.1 Å². The van der Waals surface area contributed by atoms with Gasteiger partial charge in [0.15, 0.2) is 0 Å². The molecule has 0 heterocycles. The van der Waals surface area contributed by atoms with E-state index in [4.69, 9.17) is 9.47 Å². The summed E-state index contributed by atoms with van der Waals surface area (Å²) in [6, 6.07) is 0. The number of ether oxygens (including phenoxy) is 2. The Bertz CT molecular complexity index is 266. The summed E-state index contributed by atoms with van der Waals surface area (Å²) in [4.78, 5) is 22.5. The Kier molecular flexibility index (Phi) is 8.62. The summed E-state index contributed by atoms with van der Waals surface area (Å²) in [5, 5.41) is 0. The largest absolute Gasteiger partial charge is 0.455 e. The maximum Gasteiger partial charge on any atom is 0.330 e. The van der Waals surface area contributed by atoms with Gasteiger partial charge in [-0.2, -0.15) is 0 Å². The third-order valence-electron chi connectivity index (χ3n) is 2.43. The highest BCUT2D eigenvalue weighted by atomic mass is 16.6. The van der Waals surface area contributed by atoms with E-state index in [9.17, 15) is 9.59 Å². The lowest BCUT2D eigenvalue weighted by molar-refractivity contribution is -0.162. The molecule has 0 amide bonds. The summed E-state index contributed by atoms with van der Waals surface area (Å²) < 4.78 is 10.5. The van der Waals surface area contributed by atoms with Crippen molar-refractivity contribution >= 4 is 11.9 Å². The third-order valence-corrected chi connectivity index (χ3v) is 2.43. The van der Waals surface area contributed by atoms with E-state index < -0.39 is 24.1 Å². The molecule has 0 radical (unpaired) electrons. The van der Waals surface area contributed by atoms with E-state index >= 15 is 0 Å². The van der Waals surface area contributed by atoms with Crippen LogP contribution in [0.4, 0.5) is 0 Å². The summed E-state index contributed by atoms with van der Waals surface area (Å²) in [6.07, 6.45) is 4.33. The zero-order chi connectivity index (χ0) is 14.0. The fourth-order valence-corrected chi connectivity index (χ4v) is 1.61. The van der Waals surface area contributed by atoms with Gasteiger partial charge in [-0.1, -0.05) is 39.8 Å². The van der Waals surface area contributed by atoms with Crippen molar-refractivity contribution in [1.29, 1.82) is 0 Å². The summed E-state index contributed by atoms with van der Waals surface area (Å²) in [5.41, 5.74) is 0. The second-order valence-electron chi connectivity index (χ2n) is 3.94. The van der Waals surface area contributed by atoms with Gasteiger partial charge in [0.1, 0.15) is 12.2 Å². The molecule has 2 unspecified atom stereocenters. The van der Waals surface area contributed by atoms with Crippen LogP contribution in [-0.4, -0.2) is 24.1 Å². The molecule has 0 rings (SSSR count). The minimum Gasteiger partial charge on any atom is -0.455 e. The molecule has 0 aliphatic carbocycles. The van der Waals surface area contributed by atoms with E-state index in [1.807, 2.05) is 13.8 Å². The van der Waals surface area contributed by atoms with Crippen LogP contribution in [0, 0.1) is 0 Å². The predicted octanol–water partition coefficient (Wildman–Crippen LogP) is 2.78. The van der Waals surface area contributed by atoms with E-state index in [1.54, 1.807) is 0 Å². The Labute approximate surface area is 109 Å². The van der Waals surface area contributed by atoms with E-state index in [1.165, 1.54) is 0 Å². The minimum absolute atomic E-state index is 0.427. The molecule has 0 aromatic carbocycles. The Balaban J connectivity index is 4.72. The first-order valence-corrected chi connectivity index (χ1v) is 6.25. The average Bonchev–Trinajstić information content (AvgIpc) is 2.37. The van der Waals surface area contributed by atoms with Crippen molar-refractivity contribution < 1.29 is 19.1 Å².